The highest BCUT2D eigenvalue weighted by atomic mass is 16.1. The molecule has 0 spiro atoms. The van der Waals surface area contributed by atoms with Gasteiger partial charge in [-0.25, -0.2) is 0 Å². The van der Waals surface area contributed by atoms with Crippen LogP contribution in [0.2, 0.25) is 0 Å². The van der Waals surface area contributed by atoms with Crippen LogP contribution in [-0.2, 0) is 4.79 Å². The van der Waals surface area contributed by atoms with Crippen molar-refractivity contribution in [2.75, 3.05) is 24.5 Å². The predicted octanol–water partition coefficient (Wildman–Crippen LogP) is 2.99. The maximum absolute atomic E-state index is 11.6. The van der Waals surface area contributed by atoms with E-state index in [9.17, 15) is 4.79 Å². The van der Waals surface area contributed by atoms with Gasteiger partial charge in [-0.15, -0.1) is 6.58 Å². The summed E-state index contributed by atoms with van der Waals surface area (Å²) in [6.45, 7) is 6.61. The van der Waals surface area contributed by atoms with Crippen molar-refractivity contribution in [3.63, 3.8) is 0 Å². The highest BCUT2D eigenvalue weighted by Crippen LogP contribution is 2.22. The third kappa shape index (κ3) is 4.41. The van der Waals surface area contributed by atoms with Crippen LogP contribution in [0.15, 0.2) is 43.0 Å². The van der Waals surface area contributed by atoms with Crippen molar-refractivity contribution in [1.29, 1.82) is 0 Å². The summed E-state index contributed by atoms with van der Waals surface area (Å²) in [7, 11) is 0. The van der Waals surface area contributed by atoms with Crippen molar-refractivity contribution >= 4 is 11.6 Å². The maximum Gasteiger partial charge on any atom is 0.220 e. The van der Waals surface area contributed by atoms with Crippen molar-refractivity contribution < 1.29 is 4.79 Å². The van der Waals surface area contributed by atoms with E-state index in [1.165, 1.54) is 5.69 Å². The second-order valence-corrected chi connectivity index (χ2v) is 5.40. The number of nitrogens with one attached hydrogen (secondary N) is 1. The van der Waals surface area contributed by atoms with Crippen molar-refractivity contribution in [3.8, 4) is 0 Å². The van der Waals surface area contributed by atoms with E-state index < -0.39 is 0 Å². The molecule has 20 heavy (non-hydrogen) atoms. The number of amides is 1. The maximum atomic E-state index is 11.6. The van der Waals surface area contributed by atoms with E-state index in [0.29, 0.717) is 12.3 Å². The highest BCUT2D eigenvalue weighted by Gasteiger charge is 2.19. The average molecular weight is 272 g/mol. The van der Waals surface area contributed by atoms with E-state index in [2.05, 4.69) is 47.1 Å². The zero-order chi connectivity index (χ0) is 14.2. The summed E-state index contributed by atoms with van der Waals surface area (Å²) in [5, 5.41) is 3.04. The van der Waals surface area contributed by atoms with Gasteiger partial charge in [0.1, 0.15) is 0 Å². The number of allylic oxidation sites excluding steroid dienone is 1. The summed E-state index contributed by atoms with van der Waals surface area (Å²) in [6.07, 6.45) is 5.41. The van der Waals surface area contributed by atoms with Crippen LogP contribution in [0.1, 0.15) is 25.7 Å². The zero-order valence-corrected chi connectivity index (χ0v) is 12.1. The molecule has 3 heteroatoms. The Bertz CT molecular complexity index is 422. The van der Waals surface area contributed by atoms with E-state index >= 15 is 0 Å². The first-order valence-electron chi connectivity index (χ1n) is 7.47. The first-order valence-corrected chi connectivity index (χ1v) is 7.47. The van der Waals surface area contributed by atoms with E-state index in [0.717, 1.165) is 38.9 Å². The Morgan fingerprint density at radius 2 is 2.00 bits per heavy atom. The number of hydrogen-bond donors (Lipinski definition) is 1. The molecule has 1 N–H and O–H groups in total. The number of para-hydroxylation sites is 1. The quantitative estimate of drug-likeness (QED) is 0.807. The van der Waals surface area contributed by atoms with Gasteiger partial charge in [0.25, 0.3) is 0 Å². The molecule has 0 unspecified atom stereocenters. The van der Waals surface area contributed by atoms with Crippen LogP contribution in [-0.4, -0.2) is 25.5 Å². The van der Waals surface area contributed by atoms with Crippen LogP contribution in [0.3, 0.4) is 0 Å². The predicted molar refractivity (Wildman–Crippen MR) is 83.8 cm³/mol. The lowest BCUT2D eigenvalue weighted by Gasteiger charge is -2.33. The lowest BCUT2D eigenvalue weighted by molar-refractivity contribution is -0.121. The average Bonchev–Trinajstić information content (AvgIpc) is 2.52. The normalized spacial score (nSPS) is 15.9. The summed E-state index contributed by atoms with van der Waals surface area (Å²) in [5.74, 6) is 0.762. The van der Waals surface area contributed by atoms with Crippen LogP contribution in [0.4, 0.5) is 5.69 Å². The molecule has 1 aromatic carbocycles. The molecule has 1 heterocycles. The van der Waals surface area contributed by atoms with Gasteiger partial charge in [-0.2, -0.15) is 0 Å². The smallest absolute Gasteiger partial charge is 0.220 e. The van der Waals surface area contributed by atoms with Gasteiger partial charge in [-0.3, -0.25) is 4.79 Å². The largest absolute Gasteiger partial charge is 0.372 e. The molecular weight excluding hydrogens is 248 g/mol. The molecule has 0 aliphatic carbocycles. The van der Waals surface area contributed by atoms with Gasteiger partial charge in [0, 0.05) is 31.7 Å². The second kappa shape index (κ2) is 7.73. The first-order chi connectivity index (χ1) is 9.79. The third-order valence-corrected chi connectivity index (χ3v) is 3.90. The molecule has 3 nitrogen and oxygen atoms in total. The summed E-state index contributed by atoms with van der Waals surface area (Å²) in [5.41, 5.74) is 1.31. The van der Waals surface area contributed by atoms with Gasteiger partial charge >= 0.3 is 0 Å². The van der Waals surface area contributed by atoms with Crippen LogP contribution < -0.4 is 10.2 Å². The van der Waals surface area contributed by atoms with Crippen molar-refractivity contribution in [1.82, 2.24) is 5.32 Å². The summed E-state index contributed by atoms with van der Waals surface area (Å²) >= 11 is 0. The van der Waals surface area contributed by atoms with Gasteiger partial charge in [-0.05, 0) is 37.3 Å². The van der Waals surface area contributed by atoms with Crippen LogP contribution in [0.5, 0.6) is 0 Å². The van der Waals surface area contributed by atoms with Gasteiger partial charge in [0.2, 0.25) is 5.91 Å². The number of nitrogens with zero attached hydrogens (tertiary/aromatic N) is 1. The minimum absolute atomic E-state index is 0.149. The van der Waals surface area contributed by atoms with E-state index in [-0.39, 0.29) is 5.91 Å². The Hall–Kier alpha value is -1.77. The molecule has 0 bridgehead atoms. The zero-order valence-electron chi connectivity index (χ0n) is 12.1. The van der Waals surface area contributed by atoms with Gasteiger partial charge in [0.15, 0.2) is 0 Å². The fourth-order valence-electron chi connectivity index (χ4n) is 2.61. The number of piperidine rings is 1. The molecule has 1 aromatic rings. The van der Waals surface area contributed by atoms with E-state index in [1.54, 1.807) is 6.08 Å². The van der Waals surface area contributed by atoms with E-state index in [1.807, 2.05) is 0 Å². The number of carbonyl (C=O) groups excluding carboxylic acids is 1. The SMILES string of the molecule is C=CCCC(=O)NCC1CCN(c2ccccc2)CC1. The van der Waals surface area contributed by atoms with Crippen LogP contribution in [0, 0.1) is 5.92 Å². The minimum Gasteiger partial charge on any atom is -0.372 e. The molecule has 1 aliphatic heterocycles. The number of hydrogen-bond acceptors (Lipinski definition) is 2. The monoisotopic (exact) mass is 272 g/mol. The topological polar surface area (TPSA) is 32.3 Å². The first kappa shape index (κ1) is 14.6. The van der Waals surface area contributed by atoms with Crippen LogP contribution >= 0.6 is 0 Å². The third-order valence-electron chi connectivity index (χ3n) is 3.90. The Kier molecular flexibility index (Phi) is 5.66. The molecule has 1 saturated heterocycles. The Morgan fingerprint density at radius 3 is 2.65 bits per heavy atom. The van der Waals surface area contributed by atoms with E-state index in [4.69, 9.17) is 0 Å². The summed E-state index contributed by atoms with van der Waals surface area (Å²) < 4.78 is 0. The highest BCUT2D eigenvalue weighted by molar-refractivity contribution is 5.75. The van der Waals surface area contributed by atoms with Crippen molar-refractivity contribution in [3.05, 3.63) is 43.0 Å². The standard InChI is InChI=1S/C17H24N2O/c1-2-3-9-17(20)18-14-15-10-12-19(13-11-15)16-7-5-4-6-8-16/h2,4-8,15H,1,3,9-14H2,(H,18,20). The molecule has 0 atom stereocenters. The Morgan fingerprint density at radius 1 is 1.30 bits per heavy atom. The molecule has 0 aromatic heterocycles. The molecule has 1 amide bonds. The number of benzene rings is 1. The summed E-state index contributed by atoms with van der Waals surface area (Å²) in [4.78, 5) is 14.0. The molecule has 1 fully saturated rings. The molecule has 0 saturated carbocycles. The van der Waals surface area contributed by atoms with Gasteiger partial charge < -0.3 is 10.2 Å². The second-order valence-electron chi connectivity index (χ2n) is 5.40. The molecular formula is C17H24N2O. The fraction of sp³-hybridized carbons (Fsp3) is 0.471. The number of carbonyl (C=O) groups is 1. The number of rotatable bonds is 6. The minimum atomic E-state index is 0.149. The van der Waals surface area contributed by atoms with Gasteiger partial charge in [0.05, 0.1) is 0 Å². The lowest BCUT2D eigenvalue weighted by Crippen LogP contribution is -2.38. The molecule has 1 aliphatic rings. The lowest BCUT2D eigenvalue weighted by atomic mass is 9.96. The summed E-state index contributed by atoms with van der Waals surface area (Å²) in [6, 6.07) is 10.5. The fourth-order valence-corrected chi connectivity index (χ4v) is 2.61. The van der Waals surface area contributed by atoms with Gasteiger partial charge in [-0.1, -0.05) is 24.3 Å². The van der Waals surface area contributed by atoms with Crippen molar-refractivity contribution in [2.24, 2.45) is 5.92 Å². The Labute approximate surface area is 121 Å². The van der Waals surface area contributed by atoms with Crippen molar-refractivity contribution in [2.45, 2.75) is 25.7 Å². The molecule has 108 valence electrons. The Balaban J connectivity index is 1.69. The molecule has 0 radical (unpaired) electrons. The molecule has 2 rings (SSSR count). The number of anilines is 1. The van der Waals surface area contributed by atoms with Crippen LogP contribution in [0.25, 0.3) is 0 Å².